The summed E-state index contributed by atoms with van der Waals surface area (Å²) >= 11 is 0. The Hall–Kier alpha value is -3.16. The molecule has 1 aliphatic heterocycles. The summed E-state index contributed by atoms with van der Waals surface area (Å²) in [5.41, 5.74) is 7.53. The molecular formula is C16H18N6O2. The van der Waals surface area contributed by atoms with Crippen LogP contribution in [0.2, 0.25) is 0 Å². The van der Waals surface area contributed by atoms with E-state index in [0.29, 0.717) is 11.4 Å². The number of nitrogens with two attached hydrogens (primary N) is 1. The zero-order chi connectivity index (χ0) is 17.3. The van der Waals surface area contributed by atoms with Crippen LogP contribution in [-0.4, -0.2) is 39.5 Å². The lowest BCUT2D eigenvalue weighted by atomic mass is 10.0. The minimum Gasteiger partial charge on any atom is -0.369 e. The highest BCUT2D eigenvalue weighted by atomic mass is 16.2. The van der Waals surface area contributed by atoms with Gasteiger partial charge in [-0.15, -0.1) is 0 Å². The van der Waals surface area contributed by atoms with Crippen LogP contribution < -0.4 is 11.1 Å². The maximum absolute atomic E-state index is 12.2. The van der Waals surface area contributed by atoms with E-state index in [0.717, 1.165) is 5.56 Å². The highest BCUT2D eigenvalue weighted by molar-refractivity contribution is 6.03. The molecule has 2 heterocycles. The Morgan fingerprint density at radius 2 is 2.12 bits per heavy atom. The van der Waals surface area contributed by atoms with E-state index >= 15 is 0 Å². The lowest BCUT2D eigenvalue weighted by Crippen LogP contribution is -2.42. The Kier molecular flexibility index (Phi) is 4.03. The average Bonchev–Trinajstić information content (AvgIpc) is 2.99. The molecule has 0 radical (unpaired) electrons. The van der Waals surface area contributed by atoms with Crippen molar-refractivity contribution < 1.29 is 9.59 Å². The first-order valence-corrected chi connectivity index (χ1v) is 7.45. The topological polar surface area (TPSA) is 106 Å². The molecule has 1 unspecified atom stereocenters. The van der Waals surface area contributed by atoms with Crippen LogP contribution in [0.1, 0.15) is 28.5 Å². The van der Waals surface area contributed by atoms with E-state index in [4.69, 9.17) is 5.73 Å². The van der Waals surface area contributed by atoms with Crippen molar-refractivity contribution in [2.75, 3.05) is 12.4 Å². The second-order valence-corrected chi connectivity index (χ2v) is 5.61. The zero-order valence-corrected chi connectivity index (χ0v) is 13.4. The van der Waals surface area contributed by atoms with Gasteiger partial charge < -0.3 is 11.1 Å². The van der Waals surface area contributed by atoms with Crippen LogP contribution in [0.15, 0.2) is 41.5 Å². The quantitative estimate of drug-likeness (QED) is 0.873. The van der Waals surface area contributed by atoms with Crippen LogP contribution in [0.25, 0.3) is 0 Å². The van der Waals surface area contributed by atoms with Crippen molar-refractivity contribution >= 4 is 23.5 Å². The van der Waals surface area contributed by atoms with Gasteiger partial charge >= 0.3 is 0 Å². The first-order valence-electron chi connectivity index (χ1n) is 7.45. The number of carbonyl (C=O) groups is 2. The molecular weight excluding hydrogens is 308 g/mol. The molecule has 124 valence electrons. The van der Waals surface area contributed by atoms with Gasteiger partial charge in [0.25, 0.3) is 5.91 Å². The summed E-state index contributed by atoms with van der Waals surface area (Å²) in [7, 11) is 3.35. The molecule has 3 rings (SSSR count). The van der Waals surface area contributed by atoms with Crippen molar-refractivity contribution in [1.82, 2.24) is 14.7 Å². The van der Waals surface area contributed by atoms with Gasteiger partial charge in [-0.1, -0.05) is 12.1 Å². The predicted molar refractivity (Wildman–Crippen MR) is 89.4 cm³/mol. The maximum Gasteiger partial charge on any atom is 0.276 e. The largest absolute Gasteiger partial charge is 0.369 e. The van der Waals surface area contributed by atoms with Gasteiger partial charge in [-0.25, -0.2) is 4.99 Å². The van der Waals surface area contributed by atoms with Gasteiger partial charge in [0, 0.05) is 26.0 Å². The maximum atomic E-state index is 12.2. The Morgan fingerprint density at radius 1 is 1.33 bits per heavy atom. The van der Waals surface area contributed by atoms with Crippen molar-refractivity contribution in [1.29, 1.82) is 0 Å². The standard InChI is InChI=1S/C16H18N6O2/c1-21-7-6-12(20-21)15(24)18-11-5-3-4-10(8-11)13-9-14(23)22(2)16(17)19-13/h3-8,13H,9H2,1-2H3,(H2,17,19)(H,18,24). The number of guanidine groups is 1. The minimum absolute atomic E-state index is 0.0876. The number of benzene rings is 1. The van der Waals surface area contributed by atoms with Gasteiger partial charge in [0.05, 0.1) is 12.5 Å². The smallest absolute Gasteiger partial charge is 0.276 e. The van der Waals surface area contributed by atoms with Gasteiger partial charge in [-0.2, -0.15) is 5.10 Å². The lowest BCUT2D eigenvalue weighted by molar-refractivity contribution is -0.127. The Balaban J connectivity index is 1.80. The first-order chi connectivity index (χ1) is 11.4. The number of anilines is 1. The number of aryl methyl sites for hydroxylation is 1. The van der Waals surface area contributed by atoms with Crippen LogP contribution in [0, 0.1) is 0 Å². The summed E-state index contributed by atoms with van der Waals surface area (Å²) < 4.78 is 1.56. The third kappa shape index (κ3) is 3.12. The fraction of sp³-hybridized carbons (Fsp3) is 0.250. The summed E-state index contributed by atoms with van der Waals surface area (Å²) in [5.74, 6) is -0.190. The van der Waals surface area contributed by atoms with Gasteiger partial charge in [-0.05, 0) is 23.8 Å². The van der Waals surface area contributed by atoms with Crippen LogP contribution in [0.5, 0.6) is 0 Å². The van der Waals surface area contributed by atoms with Gasteiger partial charge in [-0.3, -0.25) is 19.2 Å². The van der Waals surface area contributed by atoms with E-state index < -0.39 is 0 Å². The number of carbonyl (C=O) groups excluding carboxylic acids is 2. The molecule has 1 aromatic heterocycles. The van der Waals surface area contributed by atoms with E-state index in [9.17, 15) is 9.59 Å². The van der Waals surface area contributed by atoms with Crippen molar-refractivity contribution in [3.8, 4) is 0 Å². The third-order valence-electron chi connectivity index (χ3n) is 3.85. The number of rotatable bonds is 3. The Morgan fingerprint density at radius 3 is 2.79 bits per heavy atom. The summed E-state index contributed by atoms with van der Waals surface area (Å²) in [4.78, 5) is 29.8. The van der Waals surface area contributed by atoms with Crippen molar-refractivity contribution in [3.63, 3.8) is 0 Å². The molecule has 2 aromatic rings. The van der Waals surface area contributed by atoms with Crippen LogP contribution in [0.3, 0.4) is 0 Å². The highest BCUT2D eigenvalue weighted by Gasteiger charge is 2.25. The predicted octanol–water partition coefficient (Wildman–Crippen LogP) is 0.890. The van der Waals surface area contributed by atoms with Crippen LogP contribution >= 0.6 is 0 Å². The minimum atomic E-state index is -0.347. The number of hydrogen-bond donors (Lipinski definition) is 2. The second-order valence-electron chi connectivity index (χ2n) is 5.61. The van der Waals surface area contributed by atoms with Crippen LogP contribution in [0.4, 0.5) is 5.69 Å². The number of aliphatic imine (C=N–C) groups is 1. The molecule has 24 heavy (non-hydrogen) atoms. The molecule has 0 aliphatic carbocycles. The number of nitrogens with one attached hydrogen (secondary N) is 1. The molecule has 8 nitrogen and oxygen atoms in total. The summed E-state index contributed by atoms with van der Waals surface area (Å²) in [6, 6.07) is 8.52. The van der Waals surface area contributed by atoms with Crippen molar-refractivity contribution in [3.05, 3.63) is 47.8 Å². The van der Waals surface area contributed by atoms with Gasteiger partial charge in [0.2, 0.25) is 5.91 Å². The molecule has 1 atom stereocenters. The summed E-state index contributed by atoms with van der Waals surface area (Å²) in [6.45, 7) is 0. The molecule has 0 spiro atoms. The van der Waals surface area contributed by atoms with E-state index in [2.05, 4.69) is 15.4 Å². The van der Waals surface area contributed by atoms with Gasteiger partial charge in [0.15, 0.2) is 11.7 Å². The summed E-state index contributed by atoms with van der Waals surface area (Å²) in [6.07, 6.45) is 1.95. The van der Waals surface area contributed by atoms with E-state index in [1.54, 1.807) is 49.2 Å². The first kappa shape index (κ1) is 15.7. The number of nitrogens with zero attached hydrogens (tertiary/aromatic N) is 4. The second kappa shape index (κ2) is 6.15. The molecule has 1 aliphatic rings. The molecule has 0 fully saturated rings. The molecule has 1 aromatic carbocycles. The number of amides is 2. The van der Waals surface area contributed by atoms with E-state index in [-0.39, 0.29) is 30.2 Å². The Bertz CT molecular complexity index is 825. The Labute approximate surface area is 139 Å². The van der Waals surface area contributed by atoms with Crippen molar-refractivity contribution in [2.45, 2.75) is 12.5 Å². The number of hydrogen-bond acceptors (Lipinski definition) is 5. The summed E-state index contributed by atoms with van der Waals surface area (Å²) in [5, 5.41) is 6.86. The van der Waals surface area contributed by atoms with Crippen molar-refractivity contribution in [2.24, 2.45) is 17.8 Å². The monoisotopic (exact) mass is 326 g/mol. The SMILES string of the molecule is CN1C(=O)CC(c2cccc(NC(=O)c3ccn(C)n3)c2)N=C1N. The highest BCUT2D eigenvalue weighted by Crippen LogP contribution is 2.27. The average molecular weight is 326 g/mol. The van der Waals surface area contributed by atoms with Crippen LogP contribution in [-0.2, 0) is 11.8 Å². The number of aromatic nitrogens is 2. The van der Waals surface area contributed by atoms with E-state index in [1.807, 2.05) is 6.07 Å². The third-order valence-corrected chi connectivity index (χ3v) is 3.85. The molecule has 0 bridgehead atoms. The molecule has 8 heteroatoms. The molecule has 2 amide bonds. The lowest BCUT2D eigenvalue weighted by Gasteiger charge is -2.25. The molecule has 0 saturated heterocycles. The fourth-order valence-electron chi connectivity index (χ4n) is 2.47. The van der Waals surface area contributed by atoms with E-state index in [1.165, 1.54) is 4.90 Å². The zero-order valence-electron chi connectivity index (χ0n) is 13.4. The fourth-order valence-corrected chi connectivity index (χ4v) is 2.47. The van der Waals surface area contributed by atoms with Gasteiger partial charge in [0.1, 0.15) is 0 Å². The molecule has 0 saturated carbocycles. The normalized spacial score (nSPS) is 17.6. The molecule has 3 N–H and O–H groups in total.